The molecular formula is C33H46O6. The minimum atomic E-state index is -2.50. The summed E-state index contributed by atoms with van der Waals surface area (Å²) in [6.45, 7) is 15.8. The van der Waals surface area contributed by atoms with Crippen LogP contribution in [0.4, 0.5) is 0 Å². The van der Waals surface area contributed by atoms with Gasteiger partial charge in [0.05, 0.1) is 5.41 Å². The number of Topliss-reactive ketones (excluding diaryl/α,β-unsaturated/α-hetero) is 4. The summed E-state index contributed by atoms with van der Waals surface area (Å²) in [4.78, 5) is 58.5. The number of hydrogen-bond donors (Lipinski definition) is 2. The van der Waals surface area contributed by atoms with Crippen LogP contribution in [0.25, 0.3) is 0 Å². The highest BCUT2D eigenvalue weighted by atomic mass is 16.3. The normalized spacial score (nSPS) is 26.7. The molecule has 3 atom stereocenters. The number of ketones is 4. The maximum Gasteiger partial charge on any atom is 0.208 e. The van der Waals surface area contributed by atoms with Crippen molar-refractivity contribution in [2.75, 3.05) is 0 Å². The molecule has 2 bridgehead atoms. The van der Waals surface area contributed by atoms with Crippen LogP contribution in [0.1, 0.15) is 104 Å². The summed E-state index contributed by atoms with van der Waals surface area (Å²) in [6.07, 6.45) is 2.56. The van der Waals surface area contributed by atoms with Gasteiger partial charge in [-0.3, -0.25) is 19.2 Å². The van der Waals surface area contributed by atoms with Crippen molar-refractivity contribution in [3.05, 3.63) is 41.2 Å². The van der Waals surface area contributed by atoms with Crippen LogP contribution >= 0.6 is 0 Å². The van der Waals surface area contributed by atoms with E-state index in [0.717, 1.165) is 0 Å². The van der Waals surface area contributed by atoms with E-state index in [4.69, 9.17) is 0 Å². The third-order valence-electron chi connectivity index (χ3n) is 9.24. The summed E-state index contributed by atoms with van der Waals surface area (Å²) < 4.78 is 0. The number of aromatic hydroxyl groups is 1. The van der Waals surface area contributed by atoms with Crippen LogP contribution in [0, 0.1) is 39.9 Å². The lowest BCUT2D eigenvalue weighted by molar-refractivity contribution is -0.174. The van der Waals surface area contributed by atoms with E-state index in [1.807, 2.05) is 55.4 Å². The highest BCUT2D eigenvalue weighted by molar-refractivity contribution is 6.40. The van der Waals surface area contributed by atoms with Crippen molar-refractivity contribution in [3.63, 3.8) is 0 Å². The van der Waals surface area contributed by atoms with Crippen LogP contribution in [0.5, 0.6) is 5.75 Å². The predicted molar refractivity (Wildman–Crippen MR) is 151 cm³/mol. The molecule has 214 valence electrons. The van der Waals surface area contributed by atoms with Gasteiger partial charge < -0.3 is 10.2 Å². The average molecular weight is 539 g/mol. The molecule has 39 heavy (non-hydrogen) atoms. The topological polar surface area (TPSA) is 109 Å². The summed E-state index contributed by atoms with van der Waals surface area (Å²) in [5.74, 6) is -3.75. The van der Waals surface area contributed by atoms with Crippen LogP contribution in [-0.2, 0) is 14.4 Å². The highest BCUT2D eigenvalue weighted by Crippen LogP contribution is 2.65. The standard InChI is InChI=1S/C33H46O6/c1-19(2)12-14-24-27(36)32(17-16-21(5)6)30(39)33(28(24)37,26(35)22-10-9-11-23(34)18-22)29(38)25(31(32,7)8)15-13-20(3)4/h9-11,18-21,25,34,37H,12-17H2,1-8H3. The van der Waals surface area contributed by atoms with Crippen LogP contribution in [0.3, 0.4) is 0 Å². The lowest BCUT2D eigenvalue weighted by Gasteiger charge is -2.59. The molecule has 3 unspecified atom stereocenters. The number of phenolic OH excluding ortho intramolecular Hbond substituents is 1. The Balaban J connectivity index is 2.44. The molecule has 3 rings (SSSR count). The van der Waals surface area contributed by atoms with Gasteiger partial charge in [-0.2, -0.15) is 0 Å². The molecule has 1 aromatic rings. The van der Waals surface area contributed by atoms with Crippen molar-refractivity contribution < 1.29 is 29.4 Å². The lowest BCUT2D eigenvalue weighted by Crippen LogP contribution is -2.72. The van der Waals surface area contributed by atoms with Gasteiger partial charge in [0.1, 0.15) is 11.5 Å². The van der Waals surface area contributed by atoms with Crippen molar-refractivity contribution in [2.24, 2.45) is 39.9 Å². The summed E-state index contributed by atoms with van der Waals surface area (Å²) in [6, 6.07) is 5.52. The monoisotopic (exact) mass is 538 g/mol. The fraction of sp³-hybridized carbons (Fsp3) is 0.636. The maximum absolute atomic E-state index is 14.9. The van der Waals surface area contributed by atoms with Gasteiger partial charge in [-0.05, 0) is 67.4 Å². The molecule has 6 heteroatoms. The molecule has 2 aliphatic rings. The first-order chi connectivity index (χ1) is 18.1. The number of aliphatic hydroxyl groups excluding tert-OH is 1. The van der Waals surface area contributed by atoms with E-state index < -0.39 is 51.1 Å². The zero-order chi connectivity index (χ0) is 29.5. The fourth-order valence-electron chi connectivity index (χ4n) is 6.72. The zero-order valence-corrected chi connectivity index (χ0v) is 24.9. The number of carbonyl (C=O) groups is 4. The molecule has 1 fully saturated rings. The van der Waals surface area contributed by atoms with Gasteiger partial charge >= 0.3 is 0 Å². The Bertz CT molecular complexity index is 1190. The van der Waals surface area contributed by atoms with Gasteiger partial charge in [0.15, 0.2) is 23.1 Å². The minimum Gasteiger partial charge on any atom is -0.510 e. The summed E-state index contributed by atoms with van der Waals surface area (Å²) in [5.41, 5.74) is -5.20. The second-order valence-corrected chi connectivity index (χ2v) is 13.5. The Morgan fingerprint density at radius 2 is 1.49 bits per heavy atom. The quantitative estimate of drug-likeness (QED) is 0.231. The number of rotatable bonds is 11. The Morgan fingerprint density at radius 3 is 2.03 bits per heavy atom. The molecule has 2 N–H and O–H groups in total. The molecule has 0 spiro atoms. The van der Waals surface area contributed by atoms with Crippen molar-refractivity contribution in [3.8, 4) is 5.75 Å². The van der Waals surface area contributed by atoms with Gasteiger partial charge in [-0.25, -0.2) is 0 Å². The van der Waals surface area contributed by atoms with Crippen molar-refractivity contribution in [1.29, 1.82) is 0 Å². The van der Waals surface area contributed by atoms with E-state index in [-0.39, 0.29) is 47.5 Å². The minimum absolute atomic E-state index is 0.0318. The lowest BCUT2D eigenvalue weighted by atomic mass is 9.38. The number of hydrogen-bond acceptors (Lipinski definition) is 6. The number of carbonyl (C=O) groups excluding carboxylic acids is 4. The van der Waals surface area contributed by atoms with Gasteiger partial charge in [0, 0.05) is 17.1 Å². The molecular weight excluding hydrogens is 492 g/mol. The molecule has 0 amide bonds. The Morgan fingerprint density at radius 1 is 0.897 bits per heavy atom. The van der Waals surface area contributed by atoms with Gasteiger partial charge in [0.25, 0.3) is 0 Å². The van der Waals surface area contributed by atoms with E-state index in [2.05, 4.69) is 0 Å². The first-order valence-electron chi connectivity index (χ1n) is 14.5. The maximum atomic E-state index is 14.9. The Kier molecular flexibility index (Phi) is 8.69. The molecule has 1 saturated carbocycles. The Labute approximate surface area is 233 Å². The number of benzene rings is 1. The van der Waals surface area contributed by atoms with Gasteiger partial charge in [-0.15, -0.1) is 0 Å². The van der Waals surface area contributed by atoms with Crippen molar-refractivity contribution >= 4 is 23.1 Å². The third-order valence-corrected chi connectivity index (χ3v) is 9.24. The molecule has 6 nitrogen and oxygen atoms in total. The Hall–Kier alpha value is -2.76. The number of allylic oxidation sites excluding steroid dienone is 2. The van der Waals surface area contributed by atoms with Crippen LogP contribution in [0.2, 0.25) is 0 Å². The number of fused-ring (bicyclic) bond motifs is 2. The molecule has 0 aliphatic heterocycles. The molecule has 0 radical (unpaired) electrons. The second kappa shape index (κ2) is 11.0. The molecule has 0 aromatic heterocycles. The molecule has 0 saturated heterocycles. The average Bonchev–Trinajstić information content (AvgIpc) is 2.83. The smallest absolute Gasteiger partial charge is 0.208 e. The number of phenols is 1. The van der Waals surface area contributed by atoms with E-state index in [0.29, 0.717) is 25.7 Å². The van der Waals surface area contributed by atoms with Gasteiger partial charge in [-0.1, -0.05) is 73.9 Å². The molecule has 0 heterocycles. The summed E-state index contributed by atoms with van der Waals surface area (Å²) >= 11 is 0. The zero-order valence-electron chi connectivity index (χ0n) is 24.9. The third kappa shape index (κ3) is 4.78. The largest absolute Gasteiger partial charge is 0.510 e. The highest BCUT2D eigenvalue weighted by Gasteiger charge is 2.77. The predicted octanol–water partition coefficient (Wildman–Crippen LogP) is 7.05. The summed E-state index contributed by atoms with van der Waals surface area (Å²) in [5, 5.41) is 22.0. The van der Waals surface area contributed by atoms with E-state index in [1.54, 1.807) is 0 Å². The first-order valence-corrected chi connectivity index (χ1v) is 14.5. The van der Waals surface area contributed by atoms with Crippen molar-refractivity contribution in [2.45, 2.75) is 93.9 Å². The van der Waals surface area contributed by atoms with Crippen molar-refractivity contribution in [1.82, 2.24) is 0 Å². The second-order valence-electron chi connectivity index (χ2n) is 13.5. The van der Waals surface area contributed by atoms with E-state index in [1.165, 1.54) is 24.3 Å². The van der Waals surface area contributed by atoms with Crippen LogP contribution in [0.15, 0.2) is 35.6 Å². The summed E-state index contributed by atoms with van der Waals surface area (Å²) in [7, 11) is 0. The van der Waals surface area contributed by atoms with Gasteiger partial charge in [0.2, 0.25) is 5.41 Å². The molecule has 1 aromatic carbocycles. The fourth-order valence-corrected chi connectivity index (χ4v) is 6.72. The number of aliphatic hydroxyl groups is 1. The van der Waals surface area contributed by atoms with Crippen LogP contribution < -0.4 is 0 Å². The SMILES string of the molecule is CC(C)CCC1=C(O)C2(C(=O)c3cccc(O)c3)C(=O)C(CCC(C)C)C(C)(C)C(CCC(C)C)(C1=O)C2=O. The van der Waals surface area contributed by atoms with E-state index in [9.17, 15) is 29.4 Å². The van der Waals surface area contributed by atoms with Crippen LogP contribution in [-0.4, -0.2) is 33.3 Å². The first kappa shape index (κ1) is 30.8. The molecule has 2 aliphatic carbocycles. The van der Waals surface area contributed by atoms with E-state index >= 15 is 0 Å².